The number of anilines is 1. The number of aromatic nitrogens is 2. The summed E-state index contributed by atoms with van der Waals surface area (Å²) in [6, 6.07) is 8.96. The van der Waals surface area contributed by atoms with Crippen molar-refractivity contribution in [3.63, 3.8) is 0 Å². The van der Waals surface area contributed by atoms with Gasteiger partial charge in [0.1, 0.15) is 11.4 Å². The van der Waals surface area contributed by atoms with E-state index in [4.69, 9.17) is 33.7 Å². The van der Waals surface area contributed by atoms with E-state index in [1.54, 1.807) is 0 Å². The molecule has 2 aromatic carbocycles. The first-order chi connectivity index (χ1) is 12.4. The predicted octanol–water partition coefficient (Wildman–Crippen LogP) is 4.16. The van der Waals surface area contributed by atoms with Crippen LogP contribution >= 0.6 is 23.2 Å². The average molecular weight is 395 g/mol. The Morgan fingerprint density at radius 2 is 2.08 bits per heavy atom. The van der Waals surface area contributed by atoms with E-state index in [0.717, 1.165) is 0 Å². The summed E-state index contributed by atoms with van der Waals surface area (Å²) in [5.74, 6) is -1.04. The van der Waals surface area contributed by atoms with Crippen LogP contribution in [0, 0.1) is 5.82 Å². The summed E-state index contributed by atoms with van der Waals surface area (Å²) >= 11 is 12.0. The van der Waals surface area contributed by atoms with E-state index in [-0.39, 0.29) is 34.3 Å². The van der Waals surface area contributed by atoms with Crippen LogP contribution in [0.3, 0.4) is 0 Å². The standard InChI is InChI=1S/C17H13Cl2FN4O2/c18-10-5-11(21)7-12(6-10)26-16-13(19)2-1-9(15(16)20)8-22-17(25)14-3-4-23-24-14/h1-7H,8,21H2,(H,22,25)(H,23,24). The lowest BCUT2D eigenvalue weighted by Gasteiger charge is -2.13. The van der Waals surface area contributed by atoms with Gasteiger partial charge >= 0.3 is 0 Å². The second kappa shape index (κ2) is 7.63. The van der Waals surface area contributed by atoms with Crippen LogP contribution in [-0.2, 0) is 6.54 Å². The summed E-state index contributed by atoms with van der Waals surface area (Å²) in [5.41, 5.74) is 6.54. The van der Waals surface area contributed by atoms with Crippen molar-refractivity contribution < 1.29 is 13.9 Å². The van der Waals surface area contributed by atoms with Crippen LogP contribution in [0.4, 0.5) is 10.1 Å². The number of halogens is 3. The Kier molecular flexibility index (Phi) is 5.29. The van der Waals surface area contributed by atoms with Gasteiger partial charge in [-0.05, 0) is 24.3 Å². The number of hydrogen-bond acceptors (Lipinski definition) is 4. The number of nitrogens with one attached hydrogen (secondary N) is 2. The third-order valence-electron chi connectivity index (χ3n) is 3.43. The molecule has 0 bridgehead atoms. The number of nitrogen functional groups attached to an aromatic ring is 1. The van der Waals surface area contributed by atoms with E-state index in [9.17, 15) is 9.18 Å². The molecule has 26 heavy (non-hydrogen) atoms. The number of ether oxygens (including phenoxy) is 1. The van der Waals surface area contributed by atoms with E-state index in [0.29, 0.717) is 10.7 Å². The number of nitrogens with zero attached hydrogens (tertiary/aromatic N) is 1. The largest absolute Gasteiger partial charge is 0.453 e. The van der Waals surface area contributed by atoms with Gasteiger partial charge < -0.3 is 15.8 Å². The van der Waals surface area contributed by atoms with E-state index in [2.05, 4.69) is 15.5 Å². The summed E-state index contributed by atoms with van der Waals surface area (Å²) in [5, 5.41) is 9.21. The number of carbonyl (C=O) groups is 1. The van der Waals surface area contributed by atoms with Crippen LogP contribution in [0.2, 0.25) is 10.0 Å². The molecule has 0 saturated heterocycles. The Balaban J connectivity index is 1.80. The number of nitrogens with two attached hydrogens (primary N) is 1. The minimum atomic E-state index is -0.694. The van der Waals surface area contributed by atoms with Gasteiger partial charge in [-0.1, -0.05) is 29.3 Å². The lowest BCUT2D eigenvalue weighted by molar-refractivity contribution is 0.0945. The molecule has 0 radical (unpaired) electrons. The molecule has 0 unspecified atom stereocenters. The lowest BCUT2D eigenvalue weighted by atomic mass is 10.2. The number of aromatic amines is 1. The molecule has 0 fully saturated rings. The summed E-state index contributed by atoms with van der Waals surface area (Å²) in [4.78, 5) is 11.9. The zero-order valence-electron chi connectivity index (χ0n) is 13.2. The van der Waals surface area contributed by atoms with Gasteiger partial charge in [-0.2, -0.15) is 5.10 Å². The van der Waals surface area contributed by atoms with Crippen LogP contribution in [0.15, 0.2) is 42.6 Å². The first-order valence-corrected chi connectivity index (χ1v) is 8.18. The maximum absolute atomic E-state index is 14.8. The number of H-pyrrole nitrogens is 1. The molecule has 4 N–H and O–H groups in total. The molecule has 0 aliphatic carbocycles. The molecular weight excluding hydrogens is 382 g/mol. The molecule has 0 atom stereocenters. The molecule has 0 aliphatic heterocycles. The Hall–Kier alpha value is -2.77. The fraction of sp³-hybridized carbons (Fsp3) is 0.0588. The van der Waals surface area contributed by atoms with Crippen molar-refractivity contribution in [2.24, 2.45) is 0 Å². The SMILES string of the molecule is Nc1cc(Cl)cc(Oc2c(Cl)ccc(CNC(=O)c3ccn[nH]3)c2F)c1. The van der Waals surface area contributed by atoms with Gasteiger partial charge in [0.2, 0.25) is 0 Å². The molecule has 6 nitrogen and oxygen atoms in total. The topological polar surface area (TPSA) is 93.0 Å². The maximum Gasteiger partial charge on any atom is 0.269 e. The number of benzene rings is 2. The highest BCUT2D eigenvalue weighted by Gasteiger charge is 2.16. The van der Waals surface area contributed by atoms with Gasteiger partial charge in [-0.15, -0.1) is 0 Å². The molecule has 1 heterocycles. The van der Waals surface area contributed by atoms with Crippen molar-refractivity contribution in [2.75, 3.05) is 5.73 Å². The molecule has 0 spiro atoms. The third kappa shape index (κ3) is 4.07. The minimum Gasteiger partial charge on any atom is -0.453 e. The molecular formula is C17H13Cl2FN4O2. The summed E-state index contributed by atoms with van der Waals surface area (Å²) in [7, 11) is 0. The lowest BCUT2D eigenvalue weighted by Crippen LogP contribution is -2.23. The summed E-state index contributed by atoms with van der Waals surface area (Å²) in [6.45, 7) is -0.0606. The van der Waals surface area contributed by atoms with Crippen molar-refractivity contribution in [1.29, 1.82) is 0 Å². The second-order valence-corrected chi connectivity index (χ2v) is 6.17. The second-order valence-electron chi connectivity index (χ2n) is 5.32. The molecule has 1 aromatic heterocycles. The number of rotatable bonds is 5. The molecule has 9 heteroatoms. The molecule has 0 saturated carbocycles. The minimum absolute atomic E-state index is 0.0606. The van der Waals surface area contributed by atoms with Crippen LogP contribution < -0.4 is 15.8 Å². The smallest absolute Gasteiger partial charge is 0.269 e. The highest BCUT2D eigenvalue weighted by molar-refractivity contribution is 6.32. The Labute approximate surface area is 158 Å². The van der Waals surface area contributed by atoms with Crippen LogP contribution in [0.1, 0.15) is 16.1 Å². The summed E-state index contributed by atoms with van der Waals surface area (Å²) < 4.78 is 20.3. The first-order valence-electron chi connectivity index (χ1n) is 7.42. The summed E-state index contributed by atoms with van der Waals surface area (Å²) in [6.07, 6.45) is 1.44. The van der Waals surface area contributed by atoms with Gasteiger partial charge in [0.05, 0.1) is 5.02 Å². The highest BCUT2D eigenvalue weighted by atomic mass is 35.5. The fourth-order valence-corrected chi connectivity index (χ4v) is 2.64. The van der Waals surface area contributed by atoms with Crippen LogP contribution in [0.25, 0.3) is 0 Å². The van der Waals surface area contributed by atoms with Gasteiger partial charge in [-0.3, -0.25) is 9.89 Å². The molecule has 3 aromatic rings. The number of hydrogen-bond donors (Lipinski definition) is 3. The van der Waals surface area contributed by atoms with E-state index < -0.39 is 11.7 Å². The van der Waals surface area contributed by atoms with Gasteiger partial charge in [0, 0.05) is 35.1 Å². The number of carbonyl (C=O) groups excluding carboxylic acids is 1. The third-order valence-corrected chi connectivity index (χ3v) is 3.94. The van der Waals surface area contributed by atoms with Gasteiger partial charge in [-0.25, -0.2) is 4.39 Å². The molecule has 1 amide bonds. The van der Waals surface area contributed by atoms with Crippen LogP contribution in [-0.4, -0.2) is 16.1 Å². The highest BCUT2D eigenvalue weighted by Crippen LogP contribution is 2.35. The number of amides is 1. The van der Waals surface area contributed by atoms with Crippen LogP contribution in [0.5, 0.6) is 11.5 Å². The Morgan fingerprint density at radius 3 is 2.77 bits per heavy atom. The van der Waals surface area contributed by atoms with Gasteiger partial charge in [0.25, 0.3) is 5.91 Å². The average Bonchev–Trinajstić information content (AvgIpc) is 3.11. The monoisotopic (exact) mass is 394 g/mol. The van der Waals surface area contributed by atoms with E-state index in [1.165, 1.54) is 42.6 Å². The van der Waals surface area contributed by atoms with Crippen molar-refractivity contribution in [3.8, 4) is 11.5 Å². The zero-order chi connectivity index (χ0) is 18.7. The predicted molar refractivity (Wildman–Crippen MR) is 97.1 cm³/mol. The van der Waals surface area contributed by atoms with E-state index in [1.807, 2.05) is 0 Å². The van der Waals surface area contributed by atoms with Crippen molar-refractivity contribution in [3.05, 3.63) is 69.7 Å². The quantitative estimate of drug-likeness (QED) is 0.566. The van der Waals surface area contributed by atoms with E-state index >= 15 is 0 Å². The molecule has 134 valence electrons. The normalized spacial score (nSPS) is 10.6. The van der Waals surface area contributed by atoms with Gasteiger partial charge in [0.15, 0.2) is 11.6 Å². The Morgan fingerprint density at radius 1 is 1.27 bits per heavy atom. The fourth-order valence-electron chi connectivity index (χ4n) is 2.22. The zero-order valence-corrected chi connectivity index (χ0v) is 14.7. The van der Waals surface area contributed by atoms with Crippen molar-refractivity contribution in [1.82, 2.24) is 15.5 Å². The maximum atomic E-state index is 14.8. The van der Waals surface area contributed by atoms with Crippen molar-refractivity contribution in [2.45, 2.75) is 6.54 Å². The molecule has 3 rings (SSSR count). The van der Waals surface area contributed by atoms with Crippen molar-refractivity contribution >= 4 is 34.8 Å². The molecule has 0 aliphatic rings. The first kappa shape index (κ1) is 18.0. The Bertz CT molecular complexity index is 928.